The molecule has 0 unspecified atom stereocenters. The quantitative estimate of drug-likeness (QED) is 0.776. The van der Waals surface area contributed by atoms with Gasteiger partial charge in [0.2, 0.25) is 0 Å². The Morgan fingerprint density at radius 2 is 1.50 bits per heavy atom. The number of hydrogen-bond acceptors (Lipinski definition) is 3. The summed E-state index contributed by atoms with van der Waals surface area (Å²) in [6.45, 7) is 16.1. The number of nitrogens with zero attached hydrogens (tertiary/aromatic N) is 1. The van der Waals surface area contributed by atoms with Gasteiger partial charge in [0.05, 0.1) is 11.2 Å². The molecule has 22 heavy (non-hydrogen) atoms. The van der Waals surface area contributed by atoms with Gasteiger partial charge in [-0.25, -0.2) is 0 Å². The molecule has 0 radical (unpaired) electrons. The summed E-state index contributed by atoms with van der Waals surface area (Å²) in [6, 6.07) is 9.11. The average molecular weight is 303 g/mol. The molecule has 2 rings (SSSR count). The molecule has 0 aliphatic carbocycles. The van der Waals surface area contributed by atoms with Crippen molar-refractivity contribution in [2.45, 2.75) is 72.1 Å². The van der Waals surface area contributed by atoms with Crippen LogP contribution in [0.4, 0.5) is 5.69 Å². The lowest BCUT2D eigenvalue weighted by atomic mass is 9.79. The van der Waals surface area contributed by atoms with E-state index in [1.54, 1.807) is 0 Å². The van der Waals surface area contributed by atoms with Gasteiger partial charge in [0.15, 0.2) is 0 Å². The van der Waals surface area contributed by atoms with E-state index in [1.807, 2.05) is 0 Å². The van der Waals surface area contributed by atoms with Crippen molar-refractivity contribution < 1.29 is 9.31 Å². The summed E-state index contributed by atoms with van der Waals surface area (Å²) in [7, 11) is -0.280. The molecule has 4 heteroatoms. The second-order valence-electron chi connectivity index (χ2n) is 7.47. The molecule has 0 aromatic heterocycles. The number of rotatable bonds is 5. The maximum Gasteiger partial charge on any atom is 0.494 e. The van der Waals surface area contributed by atoms with Gasteiger partial charge >= 0.3 is 7.12 Å². The van der Waals surface area contributed by atoms with Crippen molar-refractivity contribution in [2.24, 2.45) is 0 Å². The zero-order chi connectivity index (χ0) is 16.5. The summed E-state index contributed by atoms with van der Waals surface area (Å²) in [5.74, 6) is 0. The fraction of sp³-hybridized carbons (Fsp3) is 0.667. The van der Waals surface area contributed by atoms with E-state index in [0.717, 1.165) is 18.4 Å². The van der Waals surface area contributed by atoms with Crippen LogP contribution in [-0.2, 0) is 9.31 Å². The standard InChI is InChI=1S/C18H30BNO2/c1-8-13-20(14(2)3)16-11-9-15(10-12-16)19-21-17(4,5)18(6,7)22-19/h9-12,14H,8,13H2,1-7H3. The Morgan fingerprint density at radius 3 is 1.91 bits per heavy atom. The monoisotopic (exact) mass is 303 g/mol. The van der Waals surface area contributed by atoms with Crippen LogP contribution in [0.3, 0.4) is 0 Å². The van der Waals surface area contributed by atoms with E-state index < -0.39 is 0 Å². The minimum atomic E-state index is -0.289. The first-order chi connectivity index (χ1) is 10.2. The van der Waals surface area contributed by atoms with Crippen LogP contribution in [0.1, 0.15) is 54.9 Å². The highest BCUT2D eigenvalue weighted by atomic mass is 16.7. The molecule has 1 aliphatic rings. The first kappa shape index (κ1) is 17.4. The van der Waals surface area contributed by atoms with Crippen molar-refractivity contribution in [1.29, 1.82) is 0 Å². The lowest BCUT2D eigenvalue weighted by molar-refractivity contribution is 0.00578. The molecule has 0 saturated carbocycles. The third-order valence-corrected chi connectivity index (χ3v) is 4.84. The average Bonchev–Trinajstić information content (AvgIpc) is 2.65. The molecule has 1 aromatic carbocycles. The van der Waals surface area contributed by atoms with Gasteiger partial charge < -0.3 is 14.2 Å². The molecule has 3 nitrogen and oxygen atoms in total. The van der Waals surface area contributed by atoms with Crippen LogP contribution >= 0.6 is 0 Å². The Bertz CT molecular complexity index is 480. The minimum Gasteiger partial charge on any atom is -0.399 e. The number of benzene rings is 1. The number of anilines is 1. The van der Waals surface area contributed by atoms with Crippen molar-refractivity contribution in [3.63, 3.8) is 0 Å². The Hall–Kier alpha value is -0.995. The van der Waals surface area contributed by atoms with Gasteiger partial charge in [-0.15, -0.1) is 0 Å². The van der Waals surface area contributed by atoms with E-state index in [0.29, 0.717) is 6.04 Å². The van der Waals surface area contributed by atoms with Crippen LogP contribution in [0.25, 0.3) is 0 Å². The van der Waals surface area contributed by atoms with Crippen molar-refractivity contribution in [2.75, 3.05) is 11.4 Å². The van der Waals surface area contributed by atoms with Crippen molar-refractivity contribution in [1.82, 2.24) is 0 Å². The maximum atomic E-state index is 6.11. The summed E-state index contributed by atoms with van der Waals surface area (Å²) < 4.78 is 12.2. The third-order valence-electron chi connectivity index (χ3n) is 4.84. The van der Waals surface area contributed by atoms with E-state index in [4.69, 9.17) is 9.31 Å². The highest BCUT2D eigenvalue weighted by Crippen LogP contribution is 2.36. The molecule has 1 aliphatic heterocycles. The maximum absolute atomic E-state index is 6.11. The second kappa shape index (κ2) is 6.25. The summed E-state index contributed by atoms with van der Waals surface area (Å²) in [5.41, 5.74) is 1.77. The molecule has 1 saturated heterocycles. The molecular weight excluding hydrogens is 273 g/mol. The van der Waals surface area contributed by atoms with Gasteiger partial charge in [0.1, 0.15) is 0 Å². The topological polar surface area (TPSA) is 21.7 Å². The van der Waals surface area contributed by atoms with Crippen LogP contribution in [0, 0.1) is 0 Å². The van der Waals surface area contributed by atoms with Gasteiger partial charge in [-0.1, -0.05) is 19.1 Å². The van der Waals surface area contributed by atoms with Gasteiger partial charge in [-0.2, -0.15) is 0 Å². The molecule has 0 spiro atoms. The third kappa shape index (κ3) is 3.33. The van der Waals surface area contributed by atoms with E-state index in [1.165, 1.54) is 5.69 Å². The summed E-state index contributed by atoms with van der Waals surface area (Å²) >= 11 is 0. The van der Waals surface area contributed by atoms with Gasteiger partial charge in [-0.05, 0) is 65.6 Å². The largest absolute Gasteiger partial charge is 0.494 e. The lowest BCUT2D eigenvalue weighted by Gasteiger charge is -2.32. The molecule has 1 aromatic rings. The Balaban J connectivity index is 2.16. The van der Waals surface area contributed by atoms with Gasteiger partial charge in [0, 0.05) is 18.3 Å². The fourth-order valence-corrected chi connectivity index (χ4v) is 2.73. The zero-order valence-electron chi connectivity index (χ0n) is 15.1. The molecular formula is C18H30BNO2. The predicted octanol–water partition coefficient (Wildman–Crippen LogP) is 3.61. The Morgan fingerprint density at radius 1 is 1.00 bits per heavy atom. The predicted molar refractivity (Wildman–Crippen MR) is 94.9 cm³/mol. The molecule has 1 fully saturated rings. The zero-order valence-corrected chi connectivity index (χ0v) is 15.1. The highest BCUT2D eigenvalue weighted by molar-refractivity contribution is 6.62. The van der Waals surface area contributed by atoms with Crippen LogP contribution < -0.4 is 10.4 Å². The molecule has 0 amide bonds. The SMILES string of the molecule is CCCN(c1ccc(B2OC(C)(C)C(C)(C)O2)cc1)C(C)C. The summed E-state index contributed by atoms with van der Waals surface area (Å²) in [4.78, 5) is 2.42. The first-order valence-corrected chi connectivity index (χ1v) is 8.40. The Kier molecular flexibility index (Phi) is 4.93. The van der Waals surface area contributed by atoms with Crippen LogP contribution in [-0.4, -0.2) is 30.9 Å². The van der Waals surface area contributed by atoms with E-state index in [-0.39, 0.29) is 18.3 Å². The van der Waals surface area contributed by atoms with Crippen LogP contribution in [0.2, 0.25) is 0 Å². The molecule has 0 N–H and O–H groups in total. The summed E-state index contributed by atoms with van der Waals surface area (Å²) in [5, 5.41) is 0. The van der Waals surface area contributed by atoms with Gasteiger partial charge in [-0.3, -0.25) is 0 Å². The van der Waals surface area contributed by atoms with Crippen molar-refractivity contribution >= 4 is 18.3 Å². The number of hydrogen-bond donors (Lipinski definition) is 0. The van der Waals surface area contributed by atoms with Crippen LogP contribution in [0.5, 0.6) is 0 Å². The molecule has 0 bridgehead atoms. The smallest absolute Gasteiger partial charge is 0.399 e. The van der Waals surface area contributed by atoms with Gasteiger partial charge in [0.25, 0.3) is 0 Å². The summed E-state index contributed by atoms with van der Waals surface area (Å²) in [6.07, 6.45) is 1.15. The lowest BCUT2D eigenvalue weighted by Crippen LogP contribution is -2.41. The van der Waals surface area contributed by atoms with Crippen LogP contribution in [0.15, 0.2) is 24.3 Å². The van der Waals surface area contributed by atoms with E-state index >= 15 is 0 Å². The second-order valence-corrected chi connectivity index (χ2v) is 7.47. The normalized spacial score (nSPS) is 19.7. The van der Waals surface area contributed by atoms with E-state index in [9.17, 15) is 0 Å². The first-order valence-electron chi connectivity index (χ1n) is 8.40. The Labute approximate surface area is 136 Å². The van der Waals surface area contributed by atoms with Crippen molar-refractivity contribution in [3.8, 4) is 0 Å². The molecule has 122 valence electrons. The van der Waals surface area contributed by atoms with E-state index in [2.05, 4.69) is 77.6 Å². The highest BCUT2D eigenvalue weighted by Gasteiger charge is 2.51. The fourth-order valence-electron chi connectivity index (χ4n) is 2.73. The molecule has 0 atom stereocenters. The molecule has 1 heterocycles. The minimum absolute atomic E-state index is 0.280. The van der Waals surface area contributed by atoms with Crippen molar-refractivity contribution in [3.05, 3.63) is 24.3 Å².